The molecule has 2 aromatic rings. The average Bonchev–Trinajstić information content (AvgIpc) is 2.61. The van der Waals surface area contributed by atoms with Gasteiger partial charge in [-0.3, -0.25) is 4.79 Å². The Kier molecular flexibility index (Phi) is 5.78. The summed E-state index contributed by atoms with van der Waals surface area (Å²) >= 11 is 0. The molecule has 0 bridgehead atoms. The van der Waals surface area contributed by atoms with Crippen LogP contribution in [0.15, 0.2) is 47.6 Å². The number of carbonyl (C=O) groups is 1. The first-order valence-corrected chi connectivity index (χ1v) is 7.38. The molecule has 0 aliphatic heterocycles. The van der Waals surface area contributed by atoms with E-state index in [4.69, 9.17) is 9.47 Å². The van der Waals surface area contributed by atoms with Crippen LogP contribution in [0.2, 0.25) is 0 Å². The maximum Gasteiger partial charge on any atom is 0.275 e. The summed E-state index contributed by atoms with van der Waals surface area (Å²) in [5, 5.41) is 3.99. The van der Waals surface area contributed by atoms with Gasteiger partial charge in [0.1, 0.15) is 11.5 Å². The SMILES string of the molecule is COc1ccc(C(=O)N/N=C\c2ccc(N(C)C)cc2)c(OC)c1. The summed E-state index contributed by atoms with van der Waals surface area (Å²) < 4.78 is 10.3. The molecule has 0 aliphatic rings. The van der Waals surface area contributed by atoms with Gasteiger partial charge in [-0.15, -0.1) is 0 Å². The summed E-state index contributed by atoms with van der Waals surface area (Å²) in [6, 6.07) is 12.8. The smallest absolute Gasteiger partial charge is 0.275 e. The Morgan fingerprint density at radius 1 is 1.08 bits per heavy atom. The van der Waals surface area contributed by atoms with Crippen molar-refractivity contribution in [2.24, 2.45) is 5.10 Å². The van der Waals surface area contributed by atoms with Gasteiger partial charge in [-0.25, -0.2) is 5.43 Å². The molecule has 0 atom stereocenters. The molecular weight excluding hydrogens is 306 g/mol. The fraction of sp³-hybridized carbons (Fsp3) is 0.222. The fourth-order valence-electron chi connectivity index (χ4n) is 2.07. The van der Waals surface area contributed by atoms with Crippen LogP contribution in [0.4, 0.5) is 5.69 Å². The maximum atomic E-state index is 12.2. The standard InChI is InChI=1S/C18H21N3O3/c1-21(2)14-7-5-13(6-8-14)12-19-20-18(22)16-10-9-15(23-3)11-17(16)24-4/h5-12H,1-4H3,(H,20,22)/b19-12-. The van der Waals surface area contributed by atoms with Crippen LogP contribution >= 0.6 is 0 Å². The van der Waals surface area contributed by atoms with E-state index in [1.165, 1.54) is 7.11 Å². The average molecular weight is 327 g/mol. The van der Waals surface area contributed by atoms with Crippen molar-refractivity contribution in [3.8, 4) is 11.5 Å². The third-order valence-corrected chi connectivity index (χ3v) is 3.44. The van der Waals surface area contributed by atoms with Gasteiger partial charge in [0.15, 0.2) is 0 Å². The molecule has 0 heterocycles. The Hall–Kier alpha value is -3.02. The number of nitrogens with zero attached hydrogens (tertiary/aromatic N) is 2. The molecule has 1 N–H and O–H groups in total. The Bertz CT molecular complexity index is 725. The molecular formula is C18H21N3O3. The second-order valence-electron chi connectivity index (χ2n) is 5.25. The minimum absolute atomic E-state index is 0.351. The normalized spacial score (nSPS) is 10.5. The predicted molar refractivity (Wildman–Crippen MR) is 95.4 cm³/mol. The monoisotopic (exact) mass is 327 g/mol. The molecule has 2 rings (SSSR count). The van der Waals surface area contributed by atoms with Crippen molar-refractivity contribution in [1.82, 2.24) is 5.43 Å². The molecule has 126 valence electrons. The van der Waals surface area contributed by atoms with Crippen LogP contribution in [0.1, 0.15) is 15.9 Å². The second-order valence-corrected chi connectivity index (χ2v) is 5.25. The van der Waals surface area contributed by atoms with Crippen molar-refractivity contribution in [2.45, 2.75) is 0 Å². The Balaban J connectivity index is 2.04. The highest BCUT2D eigenvalue weighted by atomic mass is 16.5. The van der Waals surface area contributed by atoms with E-state index in [0.717, 1.165) is 11.3 Å². The molecule has 0 spiro atoms. The quantitative estimate of drug-likeness (QED) is 0.654. The summed E-state index contributed by atoms with van der Waals surface area (Å²) in [7, 11) is 7.01. The molecule has 0 fully saturated rings. The molecule has 0 aromatic heterocycles. The predicted octanol–water partition coefficient (Wildman–Crippen LogP) is 2.53. The van der Waals surface area contributed by atoms with Gasteiger partial charge >= 0.3 is 0 Å². The van der Waals surface area contributed by atoms with Gasteiger partial charge in [0, 0.05) is 25.8 Å². The lowest BCUT2D eigenvalue weighted by atomic mass is 10.2. The highest BCUT2D eigenvalue weighted by molar-refractivity contribution is 5.97. The summed E-state index contributed by atoms with van der Waals surface area (Å²) in [4.78, 5) is 14.2. The molecule has 0 saturated heterocycles. The zero-order valence-corrected chi connectivity index (χ0v) is 14.2. The molecule has 0 aliphatic carbocycles. The Morgan fingerprint density at radius 3 is 2.38 bits per heavy atom. The molecule has 1 amide bonds. The lowest BCUT2D eigenvalue weighted by molar-refractivity contribution is 0.0952. The minimum atomic E-state index is -0.351. The van der Waals surface area contributed by atoms with Crippen LogP contribution in [0.5, 0.6) is 11.5 Å². The molecule has 6 heteroatoms. The van der Waals surface area contributed by atoms with Crippen molar-refractivity contribution < 1.29 is 14.3 Å². The highest BCUT2D eigenvalue weighted by Gasteiger charge is 2.12. The van der Waals surface area contributed by atoms with Gasteiger partial charge < -0.3 is 14.4 Å². The van der Waals surface area contributed by atoms with Crippen LogP contribution < -0.4 is 19.8 Å². The number of carbonyl (C=O) groups excluding carboxylic acids is 1. The van der Waals surface area contributed by atoms with Crippen LogP contribution in [0, 0.1) is 0 Å². The molecule has 0 saturated carbocycles. The van der Waals surface area contributed by atoms with E-state index in [9.17, 15) is 4.79 Å². The number of rotatable bonds is 6. The lowest BCUT2D eigenvalue weighted by Crippen LogP contribution is -2.18. The van der Waals surface area contributed by atoms with Crippen LogP contribution in [0.25, 0.3) is 0 Å². The van der Waals surface area contributed by atoms with Crippen molar-refractivity contribution in [1.29, 1.82) is 0 Å². The summed E-state index contributed by atoms with van der Waals surface area (Å²) in [5.74, 6) is 0.695. The summed E-state index contributed by atoms with van der Waals surface area (Å²) in [6.07, 6.45) is 1.59. The van der Waals surface area contributed by atoms with Gasteiger partial charge in [0.25, 0.3) is 5.91 Å². The lowest BCUT2D eigenvalue weighted by Gasteiger charge is -2.11. The van der Waals surface area contributed by atoms with Gasteiger partial charge in [-0.1, -0.05) is 12.1 Å². The Morgan fingerprint density at radius 2 is 1.79 bits per heavy atom. The van der Waals surface area contributed by atoms with Crippen molar-refractivity contribution in [3.63, 3.8) is 0 Å². The number of ether oxygens (including phenoxy) is 2. The Labute approximate surface area is 141 Å². The van der Waals surface area contributed by atoms with Gasteiger partial charge in [0.2, 0.25) is 0 Å². The minimum Gasteiger partial charge on any atom is -0.497 e. The highest BCUT2D eigenvalue weighted by Crippen LogP contribution is 2.24. The topological polar surface area (TPSA) is 63.2 Å². The first-order valence-electron chi connectivity index (χ1n) is 7.38. The van der Waals surface area contributed by atoms with E-state index < -0.39 is 0 Å². The van der Waals surface area contributed by atoms with Crippen LogP contribution in [-0.4, -0.2) is 40.4 Å². The first-order chi connectivity index (χ1) is 11.5. The first kappa shape index (κ1) is 17.3. The van der Waals surface area contributed by atoms with Crippen molar-refractivity contribution >= 4 is 17.8 Å². The molecule has 24 heavy (non-hydrogen) atoms. The number of hydrogen-bond acceptors (Lipinski definition) is 5. The number of hydrogen-bond donors (Lipinski definition) is 1. The number of nitrogens with one attached hydrogen (secondary N) is 1. The van der Waals surface area contributed by atoms with E-state index in [1.807, 2.05) is 43.3 Å². The second kappa shape index (κ2) is 8.01. The van der Waals surface area contributed by atoms with Gasteiger partial charge in [0.05, 0.1) is 26.0 Å². The zero-order valence-electron chi connectivity index (χ0n) is 14.2. The van der Waals surface area contributed by atoms with Gasteiger partial charge in [-0.2, -0.15) is 5.10 Å². The van der Waals surface area contributed by atoms with E-state index in [-0.39, 0.29) is 5.91 Å². The van der Waals surface area contributed by atoms with Gasteiger partial charge in [-0.05, 0) is 29.8 Å². The maximum absolute atomic E-state index is 12.2. The summed E-state index contributed by atoms with van der Waals surface area (Å²) in [5.41, 5.74) is 4.87. The van der Waals surface area contributed by atoms with E-state index in [1.54, 1.807) is 31.5 Å². The number of hydrazone groups is 1. The molecule has 6 nitrogen and oxygen atoms in total. The third-order valence-electron chi connectivity index (χ3n) is 3.44. The number of amides is 1. The number of anilines is 1. The van der Waals surface area contributed by atoms with Crippen molar-refractivity contribution in [2.75, 3.05) is 33.2 Å². The number of benzene rings is 2. The third kappa shape index (κ3) is 4.25. The van der Waals surface area contributed by atoms with E-state index >= 15 is 0 Å². The zero-order chi connectivity index (χ0) is 17.5. The fourth-order valence-corrected chi connectivity index (χ4v) is 2.07. The van der Waals surface area contributed by atoms with E-state index in [2.05, 4.69) is 10.5 Å². The van der Waals surface area contributed by atoms with Crippen LogP contribution in [0.3, 0.4) is 0 Å². The number of methoxy groups -OCH3 is 2. The summed E-state index contributed by atoms with van der Waals surface area (Å²) in [6.45, 7) is 0. The molecule has 0 radical (unpaired) electrons. The van der Waals surface area contributed by atoms with Crippen LogP contribution in [-0.2, 0) is 0 Å². The molecule has 2 aromatic carbocycles. The van der Waals surface area contributed by atoms with Crippen molar-refractivity contribution in [3.05, 3.63) is 53.6 Å². The van der Waals surface area contributed by atoms with E-state index in [0.29, 0.717) is 17.1 Å². The molecule has 0 unspecified atom stereocenters. The largest absolute Gasteiger partial charge is 0.497 e.